The molecule has 118 valence electrons. The summed E-state index contributed by atoms with van der Waals surface area (Å²) >= 11 is 27.6. The number of benzene rings is 1. The molecule has 0 saturated heterocycles. The lowest BCUT2D eigenvalue weighted by atomic mass is 9.80. The normalized spacial score (nSPS) is 25.7. The van der Waals surface area contributed by atoms with Crippen molar-refractivity contribution in [1.82, 2.24) is 0 Å². The number of ketones is 1. The molecule has 0 spiro atoms. The number of rotatable bonds is 2. The molecule has 0 aliphatic heterocycles. The first-order chi connectivity index (χ1) is 10.1. The lowest BCUT2D eigenvalue weighted by Gasteiger charge is -2.37. The smallest absolute Gasteiger partial charge is 0.190 e. The number of Topliss-reactive ketones (excluding diaryl/α,β-unsaturated/α-hetero) is 1. The molecule has 3 nitrogen and oxygen atoms in total. The molecule has 1 aliphatic rings. The van der Waals surface area contributed by atoms with Gasteiger partial charge in [-0.15, -0.1) is 0 Å². The van der Waals surface area contributed by atoms with Crippen LogP contribution in [0.5, 0.6) is 0 Å². The van der Waals surface area contributed by atoms with Gasteiger partial charge in [-0.05, 0) is 30.7 Å². The van der Waals surface area contributed by atoms with Crippen LogP contribution in [0.4, 0.5) is 0 Å². The van der Waals surface area contributed by atoms with Gasteiger partial charge in [0.25, 0.3) is 0 Å². The van der Waals surface area contributed by atoms with Gasteiger partial charge in [0.15, 0.2) is 5.78 Å². The lowest BCUT2D eigenvalue weighted by molar-refractivity contribution is 0.0907. The van der Waals surface area contributed by atoms with Crippen molar-refractivity contribution in [2.45, 2.75) is 18.5 Å². The third-order valence-electron chi connectivity index (χ3n) is 3.40. The number of allylic oxidation sites excluding steroid dienone is 2. The van der Waals surface area contributed by atoms with E-state index in [1.165, 1.54) is 0 Å². The van der Waals surface area contributed by atoms with Crippen LogP contribution in [-0.4, -0.2) is 17.4 Å². The molecule has 0 fully saturated rings. The summed E-state index contributed by atoms with van der Waals surface area (Å²) < 4.78 is 0.731. The molecule has 0 amide bonds. The van der Waals surface area contributed by atoms with Gasteiger partial charge in [0.1, 0.15) is 5.54 Å². The fourth-order valence-corrected chi connectivity index (χ4v) is 3.94. The molecule has 2 unspecified atom stereocenters. The Morgan fingerprint density at radius 1 is 1.18 bits per heavy atom. The molecule has 0 saturated carbocycles. The Bertz CT molecular complexity index is 711. The van der Waals surface area contributed by atoms with Gasteiger partial charge >= 0.3 is 0 Å². The second-order valence-corrected chi connectivity index (χ2v) is 7.44. The SMILES string of the molecule is Cc1cc(Br)cc(C(=O)C2(N)C(Cl)=C(Cl)C(Cl)=C(Cl)C2N)c1. The van der Waals surface area contributed by atoms with Crippen molar-refractivity contribution in [3.63, 3.8) is 0 Å². The number of hydrogen-bond donors (Lipinski definition) is 2. The van der Waals surface area contributed by atoms with Gasteiger partial charge < -0.3 is 11.5 Å². The summed E-state index contributed by atoms with van der Waals surface area (Å²) in [6.07, 6.45) is 0. The molecular weight excluding hydrogens is 434 g/mol. The number of nitrogens with two attached hydrogens (primary N) is 2. The summed E-state index contributed by atoms with van der Waals surface area (Å²) in [5.41, 5.74) is 11.7. The zero-order chi connectivity index (χ0) is 16.8. The first kappa shape index (κ1) is 18.3. The minimum atomic E-state index is -1.78. The molecule has 1 aromatic rings. The molecule has 1 aliphatic carbocycles. The Balaban J connectivity index is 2.61. The highest BCUT2D eigenvalue weighted by Gasteiger charge is 2.50. The summed E-state index contributed by atoms with van der Waals surface area (Å²) in [5, 5.41) is -0.199. The van der Waals surface area contributed by atoms with Crippen LogP contribution in [0.25, 0.3) is 0 Å². The van der Waals surface area contributed by atoms with Crippen LogP contribution in [0.1, 0.15) is 15.9 Å². The van der Waals surface area contributed by atoms with Crippen molar-refractivity contribution < 1.29 is 4.79 Å². The topological polar surface area (TPSA) is 69.1 Å². The quantitative estimate of drug-likeness (QED) is 0.666. The number of carbonyl (C=O) groups is 1. The van der Waals surface area contributed by atoms with E-state index in [1.54, 1.807) is 12.1 Å². The maximum Gasteiger partial charge on any atom is 0.190 e. The van der Waals surface area contributed by atoms with Crippen molar-refractivity contribution in [3.8, 4) is 0 Å². The van der Waals surface area contributed by atoms with E-state index in [4.69, 9.17) is 57.9 Å². The largest absolute Gasteiger partial charge is 0.321 e. The average molecular weight is 445 g/mol. The van der Waals surface area contributed by atoms with Gasteiger partial charge in [-0.25, -0.2) is 0 Å². The summed E-state index contributed by atoms with van der Waals surface area (Å²) in [7, 11) is 0. The highest BCUT2D eigenvalue weighted by molar-refractivity contribution is 9.10. The maximum atomic E-state index is 12.9. The predicted octanol–water partition coefficient (Wildman–Crippen LogP) is 4.36. The van der Waals surface area contributed by atoms with Gasteiger partial charge in [-0.3, -0.25) is 4.79 Å². The van der Waals surface area contributed by atoms with Crippen LogP contribution in [0.2, 0.25) is 0 Å². The average Bonchev–Trinajstić information content (AvgIpc) is 2.47. The van der Waals surface area contributed by atoms with Crippen LogP contribution in [0.15, 0.2) is 42.8 Å². The summed E-state index contributed by atoms with van der Waals surface area (Å²) in [6, 6.07) is 4.07. The molecule has 0 bridgehead atoms. The van der Waals surface area contributed by atoms with Gasteiger partial charge in [-0.2, -0.15) is 0 Å². The lowest BCUT2D eigenvalue weighted by Crippen LogP contribution is -2.63. The minimum Gasteiger partial charge on any atom is -0.321 e. The van der Waals surface area contributed by atoms with E-state index in [0.717, 1.165) is 10.0 Å². The van der Waals surface area contributed by atoms with Gasteiger partial charge in [0, 0.05) is 10.0 Å². The molecule has 1 aromatic carbocycles. The number of aryl methyl sites for hydroxylation is 1. The Kier molecular flexibility index (Phi) is 5.35. The van der Waals surface area contributed by atoms with Crippen molar-refractivity contribution in [2.24, 2.45) is 11.5 Å². The first-order valence-corrected chi connectivity index (χ1v) is 8.39. The third kappa shape index (κ3) is 2.86. The van der Waals surface area contributed by atoms with Gasteiger partial charge in [0.05, 0.1) is 26.2 Å². The molecule has 0 radical (unpaired) electrons. The number of halogens is 5. The van der Waals surface area contributed by atoms with E-state index >= 15 is 0 Å². The van der Waals surface area contributed by atoms with Crippen LogP contribution >= 0.6 is 62.3 Å². The maximum absolute atomic E-state index is 12.9. The van der Waals surface area contributed by atoms with Crippen molar-refractivity contribution in [1.29, 1.82) is 0 Å². The van der Waals surface area contributed by atoms with Crippen molar-refractivity contribution in [3.05, 3.63) is 53.9 Å². The standard InChI is InChI=1S/C14H11BrCl4N2O/c1-5-2-6(4-7(15)3-5)13(22)14(21)11(19)9(17)8(16)10(18)12(14)20/h2-4,12H,20-21H2,1H3. The minimum absolute atomic E-state index is 0.000121. The molecule has 22 heavy (non-hydrogen) atoms. The molecular formula is C14H11BrCl4N2O. The zero-order valence-corrected chi connectivity index (χ0v) is 15.9. The molecule has 2 atom stereocenters. The molecule has 8 heteroatoms. The highest BCUT2D eigenvalue weighted by Crippen LogP contribution is 2.44. The van der Waals surface area contributed by atoms with E-state index in [1.807, 2.05) is 13.0 Å². The molecule has 0 aromatic heterocycles. The van der Waals surface area contributed by atoms with E-state index in [9.17, 15) is 4.79 Å². The fourth-order valence-electron chi connectivity index (χ4n) is 2.20. The monoisotopic (exact) mass is 442 g/mol. The molecule has 4 N–H and O–H groups in total. The van der Waals surface area contributed by atoms with Crippen molar-refractivity contribution in [2.75, 3.05) is 0 Å². The van der Waals surface area contributed by atoms with Gasteiger partial charge in [-0.1, -0.05) is 62.3 Å². The third-order valence-corrected chi connectivity index (χ3v) is 5.85. The second-order valence-electron chi connectivity index (χ2n) is 4.98. The van der Waals surface area contributed by atoms with E-state index in [-0.39, 0.29) is 20.1 Å². The fraction of sp³-hybridized carbons (Fsp3) is 0.214. The zero-order valence-electron chi connectivity index (χ0n) is 11.3. The summed E-state index contributed by atoms with van der Waals surface area (Å²) in [5.74, 6) is -0.491. The second kappa shape index (κ2) is 6.44. The summed E-state index contributed by atoms with van der Waals surface area (Å²) in [6.45, 7) is 1.85. The van der Waals surface area contributed by atoms with Crippen LogP contribution in [0.3, 0.4) is 0 Å². The number of carbonyl (C=O) groups excluding carboxylic acids is 1. The Morgan fingerprint density at radius 2 is 1.77 bits per heavy atom. The van der Waals surface area contributed by atoms with Crippen LogP contribution in [-0.2, 0) is 0 Å². The number of hydrogen-bond acceptors (Lipinski definition) is 3. The predicted molar refractivity (Wildman–Crippen MR) is 95.6 cm³/mol. The van der Waals surface area contributed by atoms with E-state index in [2.05, 4.69) is 15.9 Å². The van der Waals surface area contributed by atoms with Crippen LogP contribution in [0, 0.1) is 6.92 Å². The molecule has 2 rings (SSSR count). The van der Waals surface area contributed by atoms with Gasteiger partial charge in [0.2, 0.25) is 0 Å². The molecule has 0 heterocycles. The first-order valence-electron chi connectivity index (χ1n) is 6.08. The Morgan fingerprint density at radius 3 is 2.32 bits per heavy atom. The highest BCUT2D eigenvalue weighted by atomic mass is 79.9. The van der Waals surface area contributed by atoms with E-state index in [0.29, 0.717) is 5.56 Å². The van der Waals surface area contributed by atoms with E-state index < -0.39 is 17.4 Å². The van der Waals surface area contributed by atoms with Crippen LogP contribution < -0.4 is 11.5 Å². The Labute approximate surface area is 156 Å². The van der Waals surface area contributed by atoms with Crippen molar-refractivity contribution >= 4 is 68.1 Å². The summed E-state index contributed by atoms with van der Waals surface area (Å²) in [4.78, 5) is 12.9. The Hall–Kier alpha value is -0.0700.